The van der Waals surface area contributed by atoms with Crippen molar-refractivity contribution in [1.29, 1.82) is 0 Å². The maximum Gasteiger partial charge on any atom is 0.437 e. The number of hydrogen-bond acceptors (Lipinski definition) is 9. The van der Waals surface area contributed by atoms with E-state index in [0.717, 1.165) is 32.1 Å². The van der Waals surface area contributed by atoms with Crippen LogP contribution in [0.1, 0.15) is 39.0 Å². The summed E-state index contributed by atoms with van der Waals surface area (Å²) in [6, 6.07) is 0. The summed E-state index contributed by atoms with van der Waals surface area (Å²) in [5, 5.41) is 5.97. The van der Waals surface area contributed by atoms with Gasteiger partial charge in [0.1, 0.15) is 10.3 Å². The van der Waals surface area contributed by atoms with Crippen LogP contribution >= 0.6 is 18.3 Å². The molecule has 0 saturated heterocycles. The summed E-state index contributed by atoms with van der Waals surface area (Å²) in [6.07, 6.45) is 5.49. The molecule has 2 N–H and O–H groups in total. The zero-order valence-electron chi connectivity index (χ0n) is 14.9. The van der Waals surface area contributed by atoms with Gasteiger partial charge in [-0.15, -0.1) is 16.5 Å². The van der Waals surface area contributed by atoms with E-state index >= 15 is 0 Å². The number of oxime groups is 1. The summed E-state index contributed by atoms with van der Waals surface area (Å²) < 4.78 is 26.5. The molecule has 0 aliphatic heterocycles. The molecule has 0 radical (unpaired) electrons. The van der Waals surface area contributed by atoms with Gasteiger partial charge in [-0.1, -0.05) is 24.4 Å². The number of rotatable bonds is 8. The Morgan fingerprint density at radius 1 is 1.36 bits per heavy atom. The summed E-state index contributed by atoms with van der Waals surface area (Å²) in [4.78, 5) is 16.2. The van der Waals surface area contributed by atoms with Gasteiger partial charge in [0.05, 0.1) is 11.4 Å². The van der Waals surface area contributed by atoms with E-state index in [1.807, 2.05) is 6.26 Å². The van der Waals surface area contributed by atoms with Gasteiger partial charge in [-0.05, 0) is 37.8 Å². The highest BCUT2D eigenvalue weighted by atomic mass is 32.5. The maximum atomic E-state index is 12.4. The number of carbonyl (C=O) groups excluding carboxylic acids is 1. The zero-order chi connectivity index (χ0) is 18.9. The third kappa shape index (κ3) is 6.66. The Balaban J connectivity index is 2.66. The summed E-state index contributed by atoms with van der Waals surface area (Å²) >= 11 is 5.41. The third-order valence-electron chi connectivity index (χ3n) is 3.89. The molecule has 8 nitrogen and oxygen atoms in total. The fourth-order valence-electron chi connectivity index (χ4n) is 2.54. The normalized spacial score (nSPS) is 19.3. The maximum absolute atomic E-state index is 12.4. The fraction of sp³-hybridized carbons (Fsp3) is 0.846. The van der Waals surface area contributed by atoms with Crippen LogP contribution < -0.4 is 10.0 Å². The third-order valence-corrected chi connectivity index (χ3v) is 10.2. The molecule has 1 aliphatic carbocycles. The van der Waals surface area contributed by atoms with Gasteiger partial charge in [0.25, 0.3) is 0 Å². The van der Waals surface area contributed by atoms with Crippen molar-refractivity contribution in [3.8, 4) is 0 Å². The van der Waals surface area contributed by atoms with Crippen molar-refractivity contribution in [1.82, 2.24) is 10.0 Å². The van der Waals surface area contributed by atoms with E-state index in [1.54, 1.807) is 6.92 Å². The lowest BCUT2D eigenvalue weighted by atomic mass is 9.95. The van der Waals surface area contributed by atoms with Crippen molar-refractivity contribution in [3.05, 3.63) is 0 Å². The molecule has 0 aromatic heterocycles. The van der Waals surface area contributed by atoms with Gasteiger partial charge in [-0.25, -0.2) is 4.79 Å². The van der Waals surface area contributed by atoms with Crippen molar-refractivity contribution >= 4 is 52.6 Å². The minimum absolute atomic E-state index is 0.128. The second-order valence-corrected chi connectivity index (χ2v) is 11.6. The van der Waals surface area contributed by atoms with E-state index in [2.05, 4.69) is 20.0 Å². The van der Waals surface area contributed by atoms with Crippen molar-refractivity contribution in [3.63, 3.8) is 0 Å². The quantitative estimate of drug-likeness (QED) is 0.151. The molecule has 1 saturated carbocycles. The molecule has 0 heterocycles. The largest absolute Gasteiger partial charge is 0.597 e. The molecule has 25 heavy (non-hydrogen) atoms. The van der Waals surface area contributed by atoms with Crippen LogP contribution in [0.3, 0.4) is 0 Å². The first-order valence-electron chi connectivity index (χ1n) is 7.73. The average Bonchev–Trinajstić information content (AvgIpc) is 2.64. The number of carbonyl (C=O) groups is 1. The average molecular weight is 432 g/mol. The molecular formula is C13H26N3O5PS3. The van der Waals surface area contributed by atoms with Crippen LogP contribution in [0.25, 0.3) is 0 Å². The van der Waals surface area contributed by atoms with Crippen molar-refractivity contribution < 1.29 is 23.2 Å². The first-order chi connectivity index (χ1) is 11.8. The molecule has 1 amide bonds. The van der Waals surface area contributed by atoms with Crippen LogP contribution in [-0.2, 0) is 37.1 Å². The molecule has 1 atom stereocenters. The van der Waals surface area contributed by atoms with E-state index < -0.39 is 29.2 Å². The van der Waals surface area contributed by atoms with Gasteiger partial charge in [0, 0.05) is 14.2 Å². The molecule has 0 aromatic carbocycles. The minimum Gasteiger partial charge on any atom is -0.597 e. The van der Waals surface area contributed by atoms with Gasteiger partial charge in [-0.3, -0.25) is 10.2 Å². The predicted octanol–water partition coefficient (Wildman–Crippen LogP) is 2.88. The fourth-order valence-corrected chi connectivity index (χ4v) is 6.95. The Hall–Kier alpha value is 0.130. The van der Waals surface area contributed by atoms with E-state index in [4.69, 9.17) is 20.9 Å². The van der Waals surface area contributed by atoms with Gasteiger partial charge in [-0.2, -0.15) is 0 Å². The van der Waals surface area contributed by atoms with Crippen LogP contribution in [0.5, 0.6) is 0 Å². The van der Waals surface area contributed by atoms with E-state index in [-0.39, 0.29) is 5.88 Å². The molecule has 12 heteroatoms. The first-order valence-corrected chi connectivity index (χ1v) is 12.9. The predicted molar refractivity (Wildman–Crippen MR) is 107 cm³/mol. The lowest BCUT2D eigenvalue weighted by Crippen LogP contribution is -2.52. The van der Waals surface area contributed by atoms with Crippen LogP contribution in [-0.4, -0.2) is 47.3 Å². The number of nitrogens with zero attached hydrogens (tertiary/aromatic N) is 1. The Bertz CT molecular complexity index is 509. The number of nitrogens with one attached hydrogen (secondary N) is 2. The lowest BCUT2D eigenvalue weighted by molar-refractivity contribution is 0.152. The number of thioether (sulfide) groups is 1. The van der Waals surface area contributed by atoms with Crippen molar-refractivity contribution in [2.24, 2.45) is 5.16 Å². The van der Waals surface area contributed by atoms with Crippen LogP contribution in [0.4, 0.5) is 4.79 Å². The topological polar surface area (TPSA) is 104 Å². The highest BCUT2D eigenvalue weighted by molar-refractivity contribution is 8.13. The van der Waals surface area contributed by atoms with Gasteiger partial charge in [0.2, 0.25) is 12.4 Å². The Morgan fingerprint density at radius 2 is 1.96 bits per heavy atom. The Labute approximate surface area is 161 Å². The van der Waals surface area contributed by atoms with E-state index in [0.29, 0.717) is 5.04 Å². The smallest absolute Gasteiger partial charge is 0.437 e. The van der Waals surface area contributed by atoms with Crippen LogP contribution in [0.2, 0.25) is 0 Å². The van der Waals surface area contributed by atoms with E-state index in [9.17, 15) is 9.35 Å². The summed E-state index contributed by atoms with van der Waals surface area (Å²) in [6.45, 7) is -0.943. The molecule has 146 valence electrons. The van der Waals surface area contributed by atoms with Crippen molar-refractivity contribution in [2.75, 3.05) is 26.4 Å². The van der Waals surface area contributed by atoms with Gasteiger partial charge >= 0.3 is 6.09 Å². The zero-order valence-corrected chi connectivity index (χ0v) is 18.2. The van der Waals surface area contributed by atoms with Crippen LogP contribution in [0.15, 0.2) is 5.16 Å². The molecule has 0 spiro atoms. The standard InChI is InChI=1S/C13H26N3O5PS3/c1-11(24-4)15-21-12(17)14-10-25(18)16-13(8-6-5-7-9-13)22(23,19-2)20-3/h16H,5-10H2,1-4H3,(H,14,17). The van der Waals surface area contributed by atoms with Crippen LogP contribution in [0, 0.1) is 0 Å². The van der Waals surface area contributed by atoms with Gasteiger partial charge < -0.3 is 13.6 Å². The first kappa shape index (κ1) is 23.2. The highest BCUT2D eigenvalue weighted by Crippen LogP contribution is 2.63. The molecule has 1 fully saturated rings. The Morgan fingerprint density at radius 3 is 2.48 bits per heavy atom. The number of hydrogen-bond donors (Lipinski definition) is 2. The summed E-state index contributed by atoms with van der Waals surface area (Å²) in [5.41, 5.74) is 0. The lowest BCUT2D eigenvalue weighted by Gasteiger charge is -2.42. The Kier molecular flexibility index (Phi) is 10.3. The molecule has 1 rings (SSSR count). The molecule has 0 aromatic rings. The van der Waals surface area contributed by atoms with Gasteiger partial charge in [0.15, 0.2) is 0 Å². The number of amides is 1. The minimum atomic E-state index is -2.66. The molecular weight excluding hydrogens is 405 g/mol. The highest BCUT2D eigenvalue weighted by Gasteiger charge is 2.49. The molecule has 1 unspecified atom stereocenters. The second kappa shape index (κ2) is 11.1. The van der Waals surface area contributed by atoms with E-state index in [1.165, 1.54) is 26.0 Å². The van der Waals surface area contributed by atoms with Crippen molar-refractivity contribution in [2.45, 2.75) is 44.3 Å². The molecule has 1 aliphatic rings. The molecule has 0 bridgehead atoms. The SMILES string of the molecule is COP(=S)(OC)C1(N[S+]([O-])CNC(=O)ON=C(C)SC)CCCCC1. The monoisotopic (exact) mass is 431 g/mol. The second-order valence-electron chi connectivity index (χ2n) is 5.42. The summed E-state index contributed by atoms with van der Waals surface area (Å²) in [7, 11) is 3.04. The summed E-state index contributed by atoms with van der Waals surface area (Å²) in [5.74, 6) is -0.128.